The van der Waals surface area contributed by atoms with E-state index in [-0.39, 0.29) is 24.4 Å². The number of carbonyl (C=O) groups excluding carboxylic acids is 1. The Bertz CT molecular complexity index is 1040. The molecule has 2 aromatic carbocycles. The molecule has 28 heavy (non-hydrogen) atoms. The van der Waals surface area contributed by atoms with Gasteiger partial charge in [0.05, 0.1) is 11.9 Å². The summed E-state index contributed by atoms with van der Waals surface area (Å²) in [5, 5.41) is 9.23. The molecule has 1 saturated heterocycles. The number of nitrogens with zero attached hydrogens (tertiary/aromatic N) is 5. The van der Waals surface area contributed by atoms with Crippen LogP contribution in [0.5, 0.6) is 0 Å². The van der Waals surface area contributed by atoms with Crippen molar-refractivity contribution in [1.29, 1.82) is 0 Å². The lowest BCUT2D eigenvalue weighted by Gasteiger charge is -2.36. The minimum atomic E-state index is -0.217. The molecule has 4 rings (SSSR count). The van der Waals surface area contributed by atoms with Crippen molar-refractivity contribution in [2.75, 3.05) is 31.1 Å². The lowest BCUT2D eigenvalue weighted by molar-refractivity contribution is -0.131. The maximum Gasteiger partial charge on any atom is 0.277 e. The first kappa shape index (κ1) is 18.4. The molecular formula is C20H20ClN5O2. The second-order valence-electron chi connectivity index (χ2n) is 6.73. The van der Waals surface area contributed by atoms with Gasteiger partial charge in [0.2, 0.25) is 5.91 Å². The first-order valence-corrected chi connectivity index (χ1v) is 9.60. The van der Waals surface area contributed by atoms with Gasteiger partial charge >= 0.3 is 0 Å². The Morgan fingerprint density at radius 3 is 2.46 bits per heavy atom. The molecular weight excluding hydrogens is 378 g/mol. The van der Waals surface area contributed by atoms with Gasteiger partial charge in [0.1, 0.15) is 5.52 Å². The van der Waals surface area contributed by atoms with Crippen LogP contribution in [0.2, 0.25) is 5.02 Å². The van der Waals surface area contributed by atoms with E-state index >= 15 is 0 Å². The average molecular weight is 398 g/mol. The van der Waals surface area contributed by atoms with Crippen molar-refractivity contribution >= 4 is 34.1 Å². The molecule has 2 heterocycles. The molecule has 3 aromatic rings. The second kappa shape index (κ2) is 7.98. The highest BCUT2D eigenvalue weighted by atomic mass is 35.5. The highest BCUT2D eigenvalue weighted by Crippen LogP contribution is 2.19. The monoisotopic (exact) mass is 397 g/mol. The number of benzene rings is 2. The van der Waals surface area contributed by atoms with Crippen molar-refractivity contribution in [3.05, 3.63) is 63.9 Å². The van der Waals surface area contributed by atoms with Crippen LogP contribution >= 0.6 is 11.6 Å². The molecule has 0 unspecified atom stereocenters. The number of rotatable bonds is 4. The fourth-order valence-electron chi connectivity index (χ4n) is 3.40. The molecule has 1 fully saturated rings. The van der Waals surface area contributed by atoms with Gasteiger partial charge in [-0.25, -0.2) is 4.68 Å². The zero-order valence-electron chi connectivity index (χ0n) is 15.3. The van der Waals surface area contributed by atoms with Crippen molar-refractivity contribution in [2.45, 2.75) is 13.0 Å². The van der Waals surface area contributed by atoms with Crippen LogP contribution in [0.15, 0.2) is 53.3 Å². The Morgan fingerprint density at radius 2 is 1.71 bits per heavy atom. The summed E-state index contributed by atoms with van der Waals surface area (Å²) in [6.07, 6.45) is 0.230. The molecule has 0 bridgehead atoms. The molecule has 0 atom stereocenters. The largest absolute Gasteiger partial charge is 0.368 e. The number of aromatic nitrogens is 3. The summed E-state index contributed by atoms with van der Waals surface area (Å²) >= 11 is 5.94. The highest BCUT2D eigenvalue weighted by molar-refractivity contribution is 6.30. The number of amides is 1. The predicted octanol–water partition coefficient (Wildman–Crippen LogP) is 2.18. The van der Waals surface area contributed by atoms with Crippen molar-refractivity contribution in [3.63, 3.8) is 0 Å². The van der Waals surface area contributed by atoms with Crippen LogP contribution in [-0.2, 0) is 11.3 Å². The molecule has 7 nitrogen and oxygen atoms in total. The van der Waals surface area contributed by atoms with Gasteiger partial charge in [0.15, 0.2) is 0 Å². The van der Waals surface area contributed by atoms with Gasteiger partial charge in [-0.15, -0.1) is 5.10 Å². The number of hydrogen-bond acceptors (Lipinski definition) is 5. The highest BCUT2D eigenvalue weighted by Gasteiger charge is 2.21. The summed E-state index contributed by atoms with van der Waals surface area (Å²) in [6, 6.07) is 14.8. The number of aryl methyl sites for hydroxylation is 1. The van der Waals surface area contributed by atoms with E-state index in [2.05, 4.69) is 15.2 Å². The van der Waals surface area contributed by atoms with Crippen molar-refractivity contribution in [3.8, 4) is 0 Å². The Balaban J connectivity index is 1.34. The summed E-state index contributed by atoms with van der Waals surface area (Å²) < 4.78 is 1.27. The zero-order chi connectivity index (χ0) is 19.5. The smallest absolute Gasteiger partial charge is 0.277 e. The molecule has 1 aliphatic rings. The van der Waals surface area contributed by atoms with Gasteiger partial charge < -0.3 is 9.80 Å². The van der Waals surface area contributed by atoms with E-state index in [0.717, 1.165) is 18.8 Å². The fourth-order valence-corrected chi connectivity index (χ4v) is 3.52. The SMILES string of the molecule is O=C(CCn1nnc2ccccc2c1=O)N1CCN(c2ccc(Cl)cc2)CC1. The molecule has 8 heteroatoms. The van der Waals surface area contributed by atoms with Crippen LogP contribution in [0.3, 0.4) is 0 Å². The van der Waals surface area contributed by atoms with Crippen LogP contribution in [0.4, 0.5) is 5.69 Å². The average Bonchev–Trinajstić information content (AvgIpc) is 2.74. The fraction of sp³-hybridized carbons (Fsp3) is 0.300. The molecule has 0 radical (unpaired) electrons. The number of fused-ring (bicyclic) bond motifs is 1. The third-order valence-corrected chi connectivity index (χ3v) is 5.24. The maximum atomic E-state index is 12.6. The zero-order valence-corrected chi connectivity index (χ0v) is 16.0. The standard InChI is InChI=1S/C20H20ClN5O2/c21-15-5-7-16(8-6-15)24-11-13-25(14-12-24)19(27)9-10-26-20(28)17-3-1-2-4-18(17)22-23-26/h1-8H,9-14H2. The van der Waals surface area contributed by atoms with Crippen LogP contribution in [0.1, 0.15) is 6.42 Å². The van der Waals surface area contributed by atoms with E-state index in [1.807, 2.05) is 35.2 Å². The quantitative estimate of drug-likeness (QED) is 0.674. The van der Waals surface area contributed by atoms with Crippen molar-refractivity contribution < 1.29 is 4.79 Å². The van der Waals surface area contributed by atoms with Gasteiger partial charge in [-0.3, -0.25) is 9.59 Å². The Hall–Kier alpha value is -2.93. The maximum absolute atomic E-state index is 12.6. The van der Waals surface area contributed by atoms with Crippen LogP contribution in [-0.4, -0.2) is 52.0 Å². The van der Waals surface area contributed by atoms with Gasteiger partial charge in [-0.1, -0.05) is 28.9 Å². The summed E-state index contributed by atoms with van der Waals surface area (Å²) in [5.41, 5.74) is 1.45. The number of piperazine rings is 1. The Kier molecular flexibility index (Phi) is 5.25. The molecule has 0 spiro atoms. The number of halogens is 1. The first-order valence-electron chi connectivity index (χ1n) is 9.23. The summed E-state index contributed by atoms with van der Waals surface area (Å²) in [4.78, 5) is 29.1. The topological polar surface area (TPSA) is 71.3 Å². The molecule has 1 aromatic heterocycles. The molecule has 1 aliphatic heterocycles. The molecule has 0 saturated carbocycles. The van der Waals surface area contributed by atoms with Crippen LogP contribution in [0, 0.1) is 0 Å². The lowest BCUT2D eigenvalue weighted by Crippen LogP contribution is -2.49. The van der Waals surface area contributed by atoms with E-state index in [1.165, 1.54) is 4.68 Å². The predicted molar refractivity (Wildman–Crippen MR) is 109 cm³/mol. The molecule has 0 aliphatic carbocycles. The summed E-state index contributed by atoms with van der Waals surface area (Å²) in [6.45, 7) is 3.07. The van der Waals surface area contributed by atoms with Crippen LogP contribution in [0.25, 0.3) is 10.9 Å². The normalized spacial score (nSPS) is 14.5. The summed E-state index contributed by atoms with van der Waals surface area (Å²) in [5.74, 6) is 0.0256. The third kappa shape index (κ3) is 3.84. The second-order valence-corrected chi connectivity index (χ2v) is 7.17. The lowest BCUT2D eigenvalue weighted by atomic mass is 10.2. The van der Waals surface area contributed by atoms with Crippen LogP contribution < -0.4 is 10.5 Å². The summed E-state index contributed by atoms with van der Waals surface area (Å²) in [7, 11) is 0. The van der Waals surface area contributed by atoms with E-state index < -0.39 is 0 Å². The van der Waals surface area contributed by atoms with E-state index in [9.17, 15) is 9.59 Å². The van der Waals surface area contributed by atoms with E-state index in [0.29, 0.717) is 29.0 Å². The van der Waals surface area contributed by atoms with Crippen molar-refractivity contribution in [1.82, 2.24) is 19.9 Å². The van der Waals surface area contributed by atoms with Gasteiger partial charge in [0, 0.05) is 43.3 Å². The third-order valence-electron chi connectivity index (χ3n) is 4.99. The molecule has 1 amide bonds. The van der Waals surface area contributed by atoms with E-state index in [1.54, 1.807) is 18.2 Å². The van der Waals surface area contributed by atoms with E-state index in [4.69, 9.17) is 11.6 Å². The van der Waals surface area contributed by atoms with Gasteiger partial charge in [0.25, 0.3) is 5.56 Å². The Morgan fingerprint density at radius 1 is 1.00 bits per heavy atom. The number of anilines is 1. The van der Waals surface area contributed by atoms with Gasteiger partial charge in [-0.05, 0) is 36.4 Å². The van der Waals surface area contributed by atoms with Crippen molar-refractivity contribution in [2.24, 2.45) is 0 Å². The molecule has 0 N–H and O–H groups in total. The number of carbonyl (C=O) groups is 1. The minimum absolute atomic E-state index is 0.0256. The minimum Gasteiger partial charge on any atom is -0.368 e. The Labute approximate surface area is 167 Å². The molecule has 144 valence electrons. The number of hydrogen-bond donors (Lipinski definition) is 0. The van der Waals surface area contributed by atoms with Gasteiger partial charge in [-0.2, -0.15) is 0 Å². The first-order chi connectivity index (χ1) is 13.6.